The molecule has 2 heterocycles. The lowest BCUT2D eigenvalue weighted by Gasteiger charge is -2.33. The summed E-state index contributed by atoms with van der Waals surface area (Å²) >= 11 is 6.06. The maximum atomic E-state index is 13.3. The van der Waals surface area contributed by atoms with Crippen molar-refractivity contribution in [2.45, 2.75) is 50.7 Å². The van der Waals surface area contributed by atoms with E-state index in [2.05, 4.69) is 4.98 Å². The Labute approximate surface area is 175 Å². The van der Waals surface area contributed by atoms with Gasteiger partial charge in [-0.1, -0.05) is 35.9 Å². The molecule has 29 heavy (non-hydrogen) atoms. The minimum atomic E-state index is -0.279. The maximum absolute atomic E-state index is 13.3. The Morgan fingerprint density at radius 2 is 1.93 bits per heavy atom. The number of aromatic nitrogens is 2. The van der Waals surface area contributed by atoms with Gasteiger partial charge < -0.3 is 14.0 Å². The first-order chi connectivity index (χ1) is 14.2. The van der Waals surface area contributed by atoms with Gasteiger partial charge in [0.15, 0.2) is 6.29 Å². The SMILES string of the molecule is Fc1ccc(CC(O[C@H]2CCC[C@H](Cn3ccnc3)O2)c2ccc(Cl)cc2)cc1. The van der Waals surface area contributed by atoms with Crippen molar-refractivity contribution in [3.05, 3.63) is 89.2 Å². The van der Waals surface area contributed by atoms with Crippen LogP contribution in [0.4, 0.5) is 4.39 Å². The molecule has 0 bridgehead atoms. The average Bonchev–Trinajstić information content (AvgIpc) is 3.23. The molecule has 4 rings (SSSR count). The highest BCUT2D eigenvalue weighted by molar-refractivity contribution is 6.30. The lowest BCUT2D eigenvalue weighted by Crippen LogP contribution is -2.33. The zero-order valence-corrected chi connectivity index (χ0v) is 16.8. The molecule has 3 atom stereocenters. The van der Waals surface area contributed by atoms with E-state index >= 15 is 0 Å². The molecule has 0 radical (unpaired) electrons. The summed E-state index contributed by atoms with van der Waals surface area (Å²) in [5.74, 6) is -0.240. The summed E-state index contributed by atoms with van der Waals surface area (Å²) in [6.45, 7) is 0.767. The van der Waals surface area contributed by atoms with Gasteiger partial charge in [-0.2, -0.15) is 0 Å². The first-order valence-corrected chi connectivity index (χ1v) is 10.3. The molecule has 152 valence electrons. The summed E-state index contributed by atoms with van der Waals surface area (Å²) in [6.07, 6.45) is 8.68. The van der Waals surface area contributed by atoms with Crippen LogP contribution in [-0.2, 0) is 22.4 Å². The molecule has 1 aromatic heterocycles. The van der Waals surface area contributed by atoms with Gasteiger partial charge in [0.05, 0.1) is 18.5 Å². The van der Waals surface area contributed by atoms with Gasteiger partial charge in [0.25, 0.3) is 0 Å². The van der Waals surface area contributed by atoms with Gasteiger partial charge in [0.1, 0.15) is 5.82 Å². The fraction of sp³-hybridized carbons (Fsp3) is 0.348. The molecular formula is C23H24ClFN2O2. The summed E-state index contributed by atoms with van der Waals surface area (Å²) in [4.78, 5) is 4.09. The van der Waals surface area contributed by atoms with E-state index in [1.807, 2.05) is 35.0 Å². The third-order valence-corrected chi connectivity index (χ3v) is 5.43. The van der Waals surface area contributed by atoms with Crippen LogP contribution in [0.3, 0.4) is 0 Å². The van der Waals surface area contributed by atoms with Crippen molar-refractivity contribution >= 4 is 11.6 Å². The van der Waals surface area contributed by atoms with Crippen LogP contribution < -0.4 is 0 Å². The van der Waals surface area contributed by atoms with Crippen molar-refractivity contribution < 1.29 is 13.9 Å². The second kappa shape index (κ2) is 9.53. The molecule has 3 aromatic rings. The minimum absolute atomic E-state index is 0.0969. The van der Waals surface area contributed by atoms with Crippen LogP contribution in [0.5, 0.6) is 0 Å². The summed E-state index contributed by atoms with van der Waals surface area (Å²) in [5, 5.41) is 0.684. The number of hydrogen-bond donors (Lipinski definition) is 0. The number of rotatable bonds is 7. The normalized spacial score (nSPS) is 20.5. The Morgan fingerprint density at radius 3 is 2.66 bits per heavy atom. The van der Waals surface area contributed by atoms with Crippen molar-refractivity contribution in [1.82, 2.24) is 9.55 Å². The van der Waals surface area contributed by atoms with Crippen molar-refractivity contribution in [2.24, 2.45) is 0 Å². The molecule has 4 nitrogen and oxygen atoms in total. The monoisotopic (exact) mass is 414 g/mol. The minimum Gasteiger partial charge on any atom is -0.348 e. The highest BCUT2D eigenvalue weighted by Crippen LogP contribution is 2.30. The first kappa shape index (κ1) is 20.1. The molecule has 1 aliphatic heterocycles. The van der Waals surface area contributed by atoms with Gasteiger partial charge in [0, 0.05) is 30.4 Å². The van der Waals surface area contributed by atoms with E-state index < -0.39 is 0 Å². The van der Waals surface area contributed by atoms with Gasteiger partial charge >= 0.3 is 0 Å². The van der Waals surface area contributed by atoms with E-state index in [9.17, 15) is 4.39 Å². The van der Waals surface area contributed by atoms with E-state index in [0.29, 0.717) is 11.4 Å². The second-order valence-corrected chi connectivity index (χ2v) is 7.82. The van der Waals surface area contributed by atoms with Gasteiger partial charge in [-0.3, -0.25) is 0 Å². The number of ether oxygens (including phenoxy) is 2. The molecule has 1 unspecified atom stereocenters. The van der Waals surface area contributed by atoms with Crippen LogP contribution >= 0.6 is 11.6 Å². The molecule has 0 spiro atoms. The largest absolute Gasteiger partial charge is 0.348 e. The zero-order chi connectivity index (χ0) is 20.1. The maximum Gasteiger partial charge on any atom is 0.158 e. The van der Waals surface area contributed by atoms with Crippen molar-refractivity contribution in [2.75, 3.05) is 0 Å². The molecule has 1 fully saturated rings. The molecule has 0 N–H and O–H groups in total. The van der Waals surface area contributed by atoms with Crippen LogP contribution in [0, 0.1) is 5.82 Å². The van der Waals surface area contributed by atoms with Crippen LogP contribution in [0.2, 0.25) is 5.02 Å². The summed E-state index contributed by atoms with van der Waals surface area (Å²) < 4.78 is 28.0. The molecule has 1 aliphatic rings. The number of benzene rings is 2. The molecule has 0 aliphatic carbocycles. The van der Waals surface area contributed by atoms with Gasteiger partial charge in [0.2, 0.25) is 0 Å². The van der Waals surface area contributed by atoms with E-state index in [4.69, 9.17) is 21.1 Å². The lowest BCUT2D eigenvalue weighted by molar-refractivity contribution is -0.218. The molecule has 1 saturated heterocycles. The van der Waals surface area contributed by atoms with E-state index in [0.717, 1.165) is 36.9 Å². The fourth-order valence-corrected chi connectivity index (χ4v) is 3.79. The Hall–Kier alpha value is -2.21. The molecule has 2 aromatic carbocycles. The third kappa shape index (κ3) is 5.66. The number of halogens is 2. The smallest absolute Gasteiger partial charge is 0.158 e. The van der Waals surface area contributed by atoms with Crippen molar-refractivity contribution in [1.29, 1.82) is 0 Å². The highest BCUT2D eigenvalue weighted by atomic mass is 35.5. The molecule has 0 saturated carbocycles. The van der Waals surface area contributed by atoms with Gasteiger partial charge in [-0.05, 0) is 54.7 Å². The molecule has 6 heteroatoms. The highest BCUT2D eigenvalue weighted by Gasteiger charge is 2.26. The van der Waals surface area contributed by atoms with Gasteiger partial charge in [-0.15, -0.1) is 0 Å². The van der Waals surface area contributed by atoms with E-state index in [1.54, 1.807) is 24.7 Å². The first-order valence-electron chi connectivity index (χ1n) is 9.92. The number of hydrogen-bond acceptors (Lipinski definition) is 3. The Morgan fingerprint density at radius 1 is 1.14 bits per heavy atom. The van der Waals surface area contributed by atoms with Crippen molar-refractivity contribution in [3.63, 3.8) is 0 Å². The predicted octanol–water partition coefficient (Wildman–Crippen LogP) is 5.57. The fourth-order valence-electron chi connectivity index (χ4n) is 3.67. The molecular weight excluding hydrogens is 391 g/mol. The Bertz CT molecular complexity index is 884. The Balaban J connectivity index is 1.46. The Kier molecular flexibility index (Phi) is 6.60. The second-order valence-electron chi connectivity index (χ2n) is 7.38. The van der Waals surface area contributed by atoms with E-state index in [1.165, 1.54) is 12.1 Å². The lowest BCUT2D eigenvalue weighted by atomic mass is 10.0. The van der Waals surface area contributed by atoms with Crippen LogP contribution in [-0.4, -0.2) is 21.9 Å². The summed E-state index contributed by atoms with van der Waals surface area (Å²) in [5.41, 5.74) is 2.04. The van der Waals surface area contributed by atoms with Crippen molar-refractivity contribution in [3.8, 4) is 0 Å². The van der Waals surface area contributed by atoms with Gasteiger partial charge in [-0.25, -0.2) is 9.37 Å². The number of nitrogens with zero attached hydrogens (tertiary/aromatic N) is 2. The average molecular weight is 415 g/mol. The predicted molar refractivity (Wildman–Crippen MR) is 110 cm³/mol. The molecule has 0 amide bonds. The number of imidazole rings is 1. The van der Waals surface area contributed by atoms with Crippen LogP contribution in [0.1, 0.15) is 36.5 Å². The third-order valence-electron chi connectivity index (χ3n) is 5.18. The zero-order valence-electron chi connectivity index (χ0n) is 16.1. The topological polar surface area (TPSA) is 36.3 Å². The summed E-state index contributed by atoms with van der Waals surface area (Å²) in [7, 11) is 0. The van der Waals surface area contributed by atoms with Crippen LogP contribution in [0.25, 0.3) is 0 Å². The summed E-state index contributed by atoms with van der Waals surface area (Å²) in [6, 6.07) is 14.2. The van der Waals surface area contributed by atoms with Crippen LogP contribution in [0.15, 0.2) is 67.3 Å². The van der Waals surface area contributed by atoms with E-state index in [-0.39, 0.29) is 24.3 Å². The quantitative estimate of drug-likeness (QED) is 0.507. The standard InChI is InChI=1S/C23H24ClFN2O2/c24-19-8-6-18(7-9-19)22(14-17-4-10-20(25)11-5-17)29-23-3-1-2-21(28-23)15-27-13-12-26-16-27/h4-13,16,21-23H,1-3,14-15H2/t21-,22?,23+/m1/s1.